The van der Waals surface area contributed by atoms with E-state index >= 15 is 0 Å². The lowest BCUT2D eigenvalue weighted by molar-refractivity contribution is -0.147. The molecule has 0 radical (unpaired) electrons. The molecule has 62 heavy (non-hydrogen) atoms. The van der Waals surface area contributed by atoms with Crippen molar-refractivity contribution in [2.24, 2.45) is 101 Å². The van der Waals surface area contributed by atoms with Crippen molar-refractivity contribution in [3.63, 3.8) is 0 Å². The molecule has 14 unspecified atom stereocenters. The van der Waals surface area contributed by atoms with Crippen LogP contribution in [0.25, 0.3) is 0 Å². The Bertz CT molecular complexity index is 1920. The van der Waals surface area contributed by atoms with E-state index in [0.717, 1.165) is 77.0 Å². The topological polar surface area (TPSA) is 217 Å². The third-order valence-electron chi connectivity index (χ3n) is 18.3. The van der Waals surface area contributed by atoms with Crippen LogP contribution in [-0.4, -0.2) is 33.5 Å². The number of nitriles is 9. The predicted molar refractivity (Wildman–Crippen MR) is 231 cm³/mol. The fraction of sp³-hybridized carbons (Fsp3) is 0.824. The Morgan fingerprint density at radius 3 is 1.05 bits per heavy atom. The SMILES string of the molecule is N#CC1CC(C#N)C(C2C3C4CCCCC4SC3C(N(C3CCCCC3)C3CCCCC3)C(C3C(C#N)CC(C#N)CC3C#N)C2C2C(C#N)CC(C#N)CC2C#N)C(C#N)C1. The van der Waals surface area contributed by atoms with Crippen LogP contribution in [0.2, 0.25) is 0 Å². The summed E-state index contributed by atoms with van der Waals surface area (Å²) in [6.45, 7) is 0. The first-order chi connectivity index (χ1) is 30.4. The predicted octanol–water partition coefficient (Wildman–Crippen LogP) is 9.96. The van der Waals surface area contributed by atoms with Crippen LogP contribution in [0.5, 0.6) is 0 Å². The van der Waals surface area contributed by atoms with Gasteiger partial charge in [-0.25, -0.2) is 0 Å². The van der Waals surface area contributed by atoms with Crippen molar-refractivity contribution in [3.05, 3.63) is 0 Å². The van der Waals surface area contributed by atoms with Gasteiger partial charge in [0.2, 0.25) is 0 Å². The molecule has 322 valence electrons. The smallest absolute Gasteiger partial charge is 0.0659 e. The van der Waals surface area contributed by atoms with Gasteiger partial charge in [0.05, 0.1) is 90.1 Å². The maximum atomic E-state index is 11.3. The van der Waals surface area contributed by atoms with Crippen molar-refractivity contribution in [2.75, 3.05) is 0 Å². The largest absolute Gasteiger partial charge is 0.293 e. The summed E-state index contributed by atoms with van der Waals surface area (Å²) in [5.74, 6) is -6.77. The molecular weight excluding hydrogens is 785 g/mol. The minimum absolute atomic E-state index is 0.0534. The summed E-state index contributed by atoms with van der Waals surface area (Å²) in [4.78, 5) is 2.97. The first-order valence-corrected chi connectivity index (χ1v) is 25.3. The highest BCUT2D eigenvalue weighted by atomic mass is 32.2. The molecule has 0 aromatic heterocycles. The fourth-order valence-corrected chi connectivity index (χ4v) is 18.4. The van der Waals surface area contributed by atoms with Crippen LogP contribution >= 0.6 is 11.8 Å². The second-order valence-electron chi connectivity index (χ2n) is 21.0. The lowest BCUT2D eigenvalue weighted by Gasteiger charge is -2.64. The minimum Gasteiger partial charge on any atom is -0.293 e. The van der Waals surface area contributed by atoms with Crippen LogP contribution in [0.3, 0.4) is 0 Å². The van der Waals surface area contributed by atoms with Gasteiger partial charge in [0.1, 0.15) is 0 Å². The molecule has 7 aliphatic carbocycles. The summed E-state index contributed by atoms with van der Waals surface area (Å²) in [5.41, 5.74) is 0. The third kappa shape index (κ3) is 7.97. The average molecular weight is 847 g/mol. The lowest BCUT2D eigenvalue weighted by atomic mass is 9.42. The van der Waals surface area contributed by atoms with Gasteiger partial charge in [-0.1, -0.05) is 51.4 Å². The molecular formula is C51H62N10S. The molecule has 7 saturated carbocycles. The van der Waals surface area contributed by atoms with Gasteiger partial charge in [0, 0.05) is 46.4 Å². The molecule has 11 heteroatoms. The van der Waals surface area contributed by atoms with E-state index in [0.29, 0.717) is 61.8 Å². The third-order valence-corrected chi connectivity index (χ3v) is 20.1. The molecule has 8 rings (SSSR count). The standard InChI is InChI=1S/C51H62N10S/c52-21-30-15-33(24-55)43(34(16-30)25-56)47-46-41-13-7-8-14-42(41)62-51(46)50(61(39-9-3-1-4-10-39)40-11-5-2-6-12-40)49(45-37(28-59)19-32(23-54)20-38(45)29-60)48(47)44-35(26-57)17-31(22-53)18-36(44)27-58/h30-51H,1-20H2. The molecule has 1 heterocycles. The molecule has 0 N–H and O–H groups in total. The van der Waals surface area contributed by atoms with E-state index < -0.39 is 71.0 Å². The van der Waals surface area contributed by atoms with Crippen molar-refractivity contribution in [1.82, 2.24) is 4.90 Å². The molecule has 1 saturated heterocycles. The van der Waals surface area contributed by atoms with Crippen LogP contribution < -0.4 is 0 Å². The first kappa shape index (κ1) is 44.3. The number of hydrogen-bond acceptors (Lipinski definition) is 11. The molecule has 8 fully saturated rings. The van der Waals surface area contributed by atoms with Crippen molar-refractivity contribution >= 4 is 11.8 Å². The van der Waals surface area contributed by atoms with E-state index in [4.69, 9.17) is 0 Å². The molecule has 8 aliphatic rings. The van der Waals surface area contributed by atoms with E-state index in [1.807, 2.05) is 0 Å². The summed E-state index contributed by atoms with van der Waals surface area (Å²) in [7, 11) is 0. The van der Waals surface area contributed by atoms with Crippen molar-refractivity contribution in [1.29, 1.82) is 47.4 Å². The first-order valence-electron chi connectivity index (χ1n) is 24.4. The van der Waals surface area contributed by atoms with E-state index in [1.54, 1.807) is 0 Å². The Morgan fingerprint density at radius 1 is 0.339 bits per heavy atom. The van der Waals surface area contributed by atoms with Crippen LogP contribution in [0.1, 0.15) is 128 Å². The van der Waals surface area contributed by atoms with Crippen LogP contribution in [0.15, 0.2) is 0 Å². The van der Waals surface area contributed by atoms with Crippen molar-refractivity contribution < 1.29 is 0 Å². The highest BCUT2D eigenvalue weighted by Crippen LogP contribution is 2.69. The molecule has 0 aromatic rings. The van der Waals surface area contributed by atoms with Gasteiger partial charge in [0.15, 0.2) is 0 Å². The van der Waals surface area contributed by atoms with Crippen molar-refractivity contribution in [3.8, 4) is 54.6 Å². The quantitative estimate of drug-likeness (QED) is 0.245. The second-order valence-corrected chi connectivity index (χ2v) is 22.4. The van der Waals surface area contributed by atoms with Gasteiger partial charge in [0.25, 0.3) is 0 Å². The Hall–Kier alpha value is -4.28. The summed E-state index contributed by atoms with van der Waals surface area (Å²) >= 11 is 2.14. The van der Waals surface area contributed by atoms with E-state index in [1.165, 1.54) is 12.8 Å². The number of fused-ring (bicyclic) bond motifs is 3. The molecule has 0 amide bonds. The molecule has 10 nitrogen and oxygen atoms in total. The molecule has 14 atom stereocenters. The Morgan fingerprint density at radius 2 is 0.677 bits per heavy atom. The fourth-order valence-electron chi connectivity index (χ4n) is 16.1. The second kappa shape index (κ2) is 19.6. The summed E-state index contributed by atoms with van der Waals surface area (Å²) < 4.78 is 0. The minimum atomic E-state index is -0.632. The molecule has 0 bridgehead atoms. The van der Waals surface area contributed by atoms with Crippen LogP contribution in [0, 0.1) is 203 Å². The van der Waals surface area contributed by atoms with Gasteiger partial charge in [-0.2, -0.15) is 59.1 Å². The van der Waals surface area contributed by atoms with Crippen LogP contribution in [-0.2, 0) is 0 Å². The molecule has 1 aliphatic heterocycles. The summed E-state index contributed by atoms with van der Waals surface area (Å²) in [6.07, 6.45) is 18.0. The Labute approximate surface area is 374 Å². The van der Waals surface area contributed by atoms with Gasteiger partial charge in [-0.05, 0) is 124 Å². The van der Waals surface area contributed by atoms with Gasteiger partial charge >= 0.3 is 0 Å². The van der Waals surface area contributed by atoms with E-state index in [-0.39, 0.29) is 35.0 Å². The number of rotatable bonds is 6. The van der Waals surface area contributed by atoms with Gasteiger partial charge in [-0.3, -0.25) is 4.90 Å². The summed E-state index contributed by atoms with van der Waals surface area (Å²) in [5, 5.41) is 99.3. The van der Waals surface area contributed by atoms with Crippen molar-refractivity contribution in [2.45, 2.75) is 157 Å². The Balaban J connectivity index is 1.45. The highest BCUT2D eigenvalue weighted by molar-refractivity contribution is 8.00. The van der Waals surface area contributed by atoms with Gasteiger partial charge < -0.3 is 0 Å². The highest BCUT2D eigenvalue weighted by Gasteiger charge is 2.68. The Kier molecular flexibility index (Phi) is 14.0. The van der Waals surface area contributed by atoms with E-state index in [9.17, 15) is 47.4 Å². The molecule has 0 aromatic carbocycles. The molecule has 0 spiro atoms. The number of thioether (sulfide) groups is 1. The normalized spacial score (nSPS) is 45.9. The maximum Gasteiger partial charge on any atom is 0.0659 e. The lowest BCUT2D eigenvalue weighted by Crippen LogP contribution is -2.68. The average Bonchev–Trinajstić information content (AvgIpc) is 3.72. The monoisotopic (exact) mass is 846 g/mol. The summed E-state index contributed by atoms with van der Waals surface area (Å²) in [6, 6.07) is 24.0. The van der Waals surface area contributed by atoms with E-state index in [2.05, 4.69) is 71.3 Å². The zero-order valence-electron chi connectivity index (χ0n) is 36.2. The zero-order valence-corrected chi connectivity index (χ0v) is 37.0. The van der Waals surface area contributed by atoms with Gasteiger partial charge in [-0.15, -0.1) is 0 Å². The number of hydrogen-bond donors (Lipinski definition) is 0. The number of nitrogens with zero attached hydrogens (tertiary/aromatic N) is 10. The zero-order chi connectivity index (χ0) is 43.5. The van der Waals surface area contributed by atoms with Crippen LogP contribution in [0.4, 0.5) is 0 Å². The maximum absolute atomic E-state index is 11.3.